The Labute approximate surface area is 201 Å². The Bertz CT molecular complexity index is 1060. The molecule has 1 aliphatic carbocycles. The second kappa shape index (κ2) is 8.57. The number of fused-ring (bicyclic) bond motifs is 2. The highest BCUT2D eigenvalue weighted by molar-refractivity contribution is 7.98. The third-order valence-corrected chi connectivity index (χ3v) is 7.10. The number of hydrogen-bond acceptors (Lipinski definition) is 5. The lowest BCUT2D eigenvalue weighted by atomic mass is 9.72. The summed E-state index contributed by atoms with van der Waals surface area (Å²) in [4.78, 5) is 28.2. The molecule has 2 aliphatic rings. The standard InChI is InChI=1S/C26H36N2O4S/c1-25(2,3)31-23(29)27-13-16(15-33-7)11-19-18-9-8-10-20-22(18)17(12-21(19)27)14-28(20)24(30)32-26(4,5)6/h8-10,14,16,19,21H,11-13,15H2,1-7H3/t16-,19?,21-/m1/s1. The minimum Gasteiger partial charge on any atom is -0.444 e. The Balaban J connectivity index is 1.76. The van der Waals surface area contributed by atoms with Crippen LogP contribution >= 0.6 is 11.8 Å². The summed E-state index contributed by atoms with van der Waals surface area (Å²) in [5.74, 6) is 1.62. The number of piperidine rings is 1. The average Bonchev–Trinajstić information content (AvgIpc) is 3.06. The van der Waals surface area contributed by atoms with Crippen LogP contribution in [-0.4, -0.2) is 57.5 Å². The zero-order chi connectivity index (χ0) is 24.1. The van der Waals surface area contributed by atoms with E-state index in [1.165, 1.54) is 5.56 Å². The molecule has 33 heavy (non-hydrogen) atoms. The van der Waals surface area contributed by atoms with Crippen molar-refractivity contribution in [3.8, 4) is 0 Å². The van der Waals surface area contributed by atoms with Crippen LogP contribution < -0.4 is 0 Å². The Morgan fingerprint density at radius 3 is 2.36 bits per heavy atom. The molecule has 0 bridgehead atoms. The number of carbonyl (C=O) groups excluding carboxylic acids is 2. The second-order valence-corrected chi connectivity index (χ2v) is 12.2. The van der Waals surface area contributed by atoms with Crippen LogP contribution in [0.3, 0.4) is 0 Å². The first-order chi connectivity index (χ1) is 15.4. The molecule has 0 saturated carbocycles. The van der Waals surface area contributed by atoms with Gasteiger partial charge in [0.25, 0.3) is 0 Å². The zero-order valence-corrected chi connectivity index (χ0v) is 21.6. The second-order valence-electron chi connectivity index (χ2n) is 11.3. The van der Waals surface area contributed by atoms with Crippen LogP contribution in [0.2, 0.25) is 0 Å². The number of amides is 1. The summed E-state index contributed by atoms with van der Waals surface area (Å²) in [6.45, 7) is 12.1. The van der Waals surface area contributed by atoms with Crippen molar-refractivity contribution in [3.63, 3.8) is 0 Å². The van der Waals surface area contributed by atoms with E-state index in [0.29, 0.717) is 18.9 Å². The lowest BCUT2D eigenvalue weighted by molar-refractivity contribution is -0.000228. The van der Waals surface area contributed by atoms with Crippen molar-refractivity contribution in [3.05, 3.63) is 35.5 Å². The number of benzene rings is 1. The van der Waals surface area contributed by atoms with E-state index in [1.54, 1.807) is 4.57 Å². The van der Waals surface area contributed by atoms with E-state index in [4.69, 9.17) is 9.47 Å². The molecule has 0 spiro atoms. The fraction of sp³-hybridized carbons (Fsp3) is 0.615. The van der Waals surface area contributed by atoms with Crippen molar-refractivity contribution in [2.24, 2.45) is 5.92 Å². The molecule has 6 nitrogen and oxygen atoms in total. The molecule has 1 fully saturated rings. The Morgan fingerprint density at radius 2 is 1.73 bits per heavy atom. The van der Waals surface area contributed by atoms with E-state index in [1.807, 2.05) is 76.5 Å². The highest BCUT2D eigenvalue weighted by atomic mass is 32.2. The molecule has 180 valence electrons. The van der Waals surface area contributed by atoms with Gasteiger partial charge in [0.15, 0.2) is 0 Å². The third kappa shape index (κ3) is 4.88. The summed E-state index contributed by atoms with van der Waals surface area (Å²) in [5.41, 5.74) is 2.08. The number of rotatable bonds is 2. The van der Waals surface area contributed by atoms with Crippen molar-refractivity contribution >= 4 is 34.9 Å². The normalized spacial score (nSPS) is 22.8. The maximum atomic E-state index is 13.3. The van der Waals surface area contributed by atoms with E-state index in [-0.39, 0.29) is 24.1 Å². The first-order valence-corrected chi connectivity index (χ1v) is 13.1. The number of nitrogens with zero attached hydrogens (tertiary/aromatic N) is 2. The minimum atomic E-state index is -0.571. The molecule has 0 radical (unpaired) electrons. The Hall–Kier alpha value is -2.15. The molecule has 7 heteroatoms. The van der Waals surface area contributed by atoms with E-state index < -0.39 is 11.2 Å². The van der Waals surface area contributed by atoms with Gasteiger partial charge in [0.05, 0.1) is 5.52 Å². The number of hydrogen-bond donors (Lipinski definition) is 0. The molecule has 1 saturated heterocycles. The topological polar surface area (TPSA) is 60.8 Å². The molecular weight excluding hydrogens is 436 g/mol. The quantitative estimate of drug-likeness (QED) is 0.532. The highest BCUT2D eigenvalue weighted by Gasteiger charge is 2.44. The van der Waals surface area contributed by atoms with Crippen LogP contribution in [0.1, 0.15) is 65.0 Å². The monoisotopic (exact) mass is 472 g/mol. The van der Waals surface area contributed by atoms with Crippen LogP contribution in [0, 0.1) is 5.92 Å². The van der Waals surface area contributed by atoms with Crippen molar-refractivity contribution in [2.45, 2.75) is 77.5 Å². The largest absolute Gasteiger partial charge is 0.444 e. The molecule has 1 aliphatic heterocycles. The van der Waals surface area contributed by atoms with Gasteiger partial charge in [-0.25, -0.2) is 9.59 Å². The molecule has 0 N–H and O–H groups in total. The molecule has 2 aromatic rings. The van der Waals surface area contributed by atoms with Crippen molar-refractivity contribution in [1.82, 2.24) is 9.47 Å². The first-order valence-electron chi connectivity index (χ1n) is 11.7. The number of ether oxygens (including phenoxy) is 2. The Kier molecular flexibility index (Phi) is 6.23. The number of carbonyl (C=O) groups is 2. The molecule has 3 atom stereocenters. The summed E-state index contributed by atoms with van der Waals surface area (Å²) >= 11 is 1.82. The van der Waals surface area contributed by atoms with Crippen LogP contribution in [0.15, 0.2) is 24.4 Å². The Morgan fingerprint density at radius 1 is 1.06 bits per heavy atom. The maximum absolute atomic E-state index is 13.3. The van der Waals surface area contributed by atoms with E-state index >= 15 is 0 Å². The van der Waals surface area contributed by atoms with Crippen molar-refractivity contribution < 1.29 is 19.1 Å². The fourth-order valence-corrected chi connectivity index (χ4v) is 5.96. The molecule has 1 amide bonds. The van der Waals surface area contributed by atoms with Gasteiger partial charge in [-0.3, -0.25) is 4.57 Å². The van der Waals surface area contributed by atoms with Crippen molar-refractivity contribution in [1.29, 1.82) is 0 Å². The first kappa shape index (κ1) is 24.0. The van der Waals surface area contributed by atoms with Gasteiger partial charge in [-0.15, -0.1) is 0 Å². The van der Waals surface area contributed by atoms with E-state index in [2.05, 4.69) is 12.3 Å². The number of likely N-dealkylation sites (tertiary alicyclic amines) is 1. The summed E-state index contributed by atoms with van der Waals surface area (Å²) in [6, 6.07) is 6.18. The van der Waals surface area contributed by atoms with Gasteiger partial charge in [-0.2, -0.15) is 11.8 Å². The predicted molar refractivity (Wildman–Crippen MR) is 133 cm³/mol. The fourth-order valence-electron chi connectivity index (χ4n) is 5.24. The average molecular weight is 473 g/mol. The van der Waals surface area contributed by atoms with E-state index in [9.17, 15) is 9.59 Å². The smallest absolute Gasteiger partial charge is 0.419 e. The maximum Gasteiger partial charge on any atom is 0.419 e. The van der Waals surface area contributed by atoms with Crippen LogP contribution in [-0.2, 0) is 15.9 Å². The van der Waals surface area contributed by atoms with Gasteiger partial charge in [0.2, 0.25) is 0 Å². The molecule has 1 aromatic heterocycles. The van der Waals surface area contributed by atoms with Crippen LogP contribution in [0.5, 0.6) is 0 Å². The molecule has 4 rings (SSSR count). The predicted octanol–water partition coefficient (Wildman–Crippen LogP) is 6.05. The lowest BCUT2D eigenvalue weighted by Gasteiger charge is -2.47. The highest BCUT2D eigenvalue weighted by Crippen LogP contribution is 2.46. The summed E-state index contributed by atoms with van der Waals surface area (Å²) in [7, 11) is 0. The minimum absolute atomic E-state index is 0.0190. The van der Waals surface area contributed by atoms with Crippen LogP contribution in [0.25, 0.3) is 10.9 Å². The SMILES string of the molecule is CSC[C@@H]1CC2c3cccc4c3c(cn4C(=O)OC(C)(C)C)C[C@H]2N(C(=O)OC(C)(C)C)C1. The number of thioether (sulfide) groups is 1. The molecule has 1 unspecified atom stereocenters. The van der Waals surface area contributed by atoms with Gasteiger partial charge in [-0.1, -0.05) is 12.1 Å². The van der Waals surface area contributed by atoms with Crippen LogP contribution in [0.4, 0.5) is 9.59 Å². The number of aromatic nitrogens is 1. The van der Waals surface area contributed by atoms with Gasteiger partial charge >= 0.3 is 12.2 Å². The molecule has 2 heterocycles. The molecule has 1 aromatic carbocycles. The summed E-state index contributed by atoms with van der Waals surface area (Å²) in [5, 5.41) is 1.14. The van der Waals surface area contributed by atoms with Gasteiger partial charge in [0.1, 0.15) is 11.2 Å². The summed E-state index contributed by atoms with van der Waals surface area (Å²) in [6.07, 6.45) is 5.14. The molecular formula is C26H36N2O4S. The van der Waals surface area contributed by atoms with E-state index in [0.717, 1.165) is 28.6 Å². The van der Waals surface area contributed by atoms with Gasteiger partial charge in [-0.05, 0) is 89.5 Å². The lowest BCUT2D eigenvalue weighted by Crippen LogP contribution is -2.54. The van der Waals surface area contributed by atoms with Gasteiger partial charge in [0, 0.05) is 30.1 Å². The van der Waals surface area contributed by atoms with Gasteiger partial charge < -0.3 is 14.4 Å². The summed E-state index contributed by atoms with van der Waals surface area (Å²) < 4.78 is 13.1. The zero-order valence-electron chi connectivity index (χ0n) is 20.8. The third-order valence-electron chi connectivity index (χ3n) is 6.30. The van der Waals surface area contributed by atoms with Crippen molar-refractivity contribution in [2.75, 3.05) is 18.6 Å².